The molecule has 1 heterocycles. The van der Waals surface area contributed by atoms with Crippen LogP contribution >= 0.6 is 6.04 Å². The molecule has 0 saturated carbocycles. The summed E-state index contributed by atoms with van der Waals surface area (Å²) in [7, 11) is 0. The minimum absolute atomic E-state index is 0.102. The van der Waals surface area contributed by atoms with Crippen molar-refractivity contribution in [3.63, 3.8) is 0 Å². The van der Waals surface area contributed by atoms with Crippen LogP contribution < -0.4 is 0 Å². The average molecular weight is 328 g/mol. The molecule has 116 valence electrons. The second-order valence-electron chi connectivity index (χ2n) is 5.08. The second-order valence-corrected chi connectivity index (χ2v) is 9.77. The Kier molecular flexibility index (Phi) is 5.83. The van der Waals surface area contributed by atoms with E-state index in [0.29, 0.717) is 23.4 Å². The van der Waals surface area contributed by atoms with Gasteiger partial charge in [0.25, 0.3) is 0 Å². The maximum atomic E-state index is 12.0. The molecular weight excluding hydrogens is 307 g/mol. The van der Waals surface area contributed by atoms with E-state index in [9.17, 15) is 14.4 Å². The summed E-state index contributed by atoms with van der Waals surface area (Å²) in [5.74, 6) is -0.541. The molecule has 0 unspecified atom stereocenters. The number of ether oxygens (including phenoxy) is 1. The van der Waals surface area contributed by atoms with E-state index < -0.39 is 6.04 Å². The van der Waals surface area contributed by atoms with Crippen LogP contribution in [0, 0.1) is 0 Å². The zero-order chi connectivity index (χ0) is 16.4. The highest BCUT2D eigenvalue weighted by atomic mass is 32.4. The fourth-order valence-electron chi connectivity index (χ4n) is 2.75. The molecule has 0 aliphatic carbocycles. The molecule has 0 fully saturated rings. The molecule has 1 aliphatic rings. The number of carbonyl (C=O) groups excluding carboxylic acids is 3. The summed E-state index contributed by atoms with van der Waals surface area (Å²) in [4.78, 5) is 35.6. The van der Waals surface area contributed by atoms with E-state index >= 15 is 0 Å². The van der Waals surface area contributed by atoms with Gasteiger partial charge in [-0.3, -0.25) is 14.4 Å². The van der Waals surface area contributed by atoms with Crippen molar-refractivity contribution in [3.8, 4) is 0 Å². The fraction of sp³-hybridized carbons (Fsp3) is 0.533. The normalized spacial score (nSPS) is 17.2. The van der Waals surface area contributed by atoms with E-state index in [-0.39, 0.29) is 24.0 Å². The van der Waals surface area contributed by atoms with E-state index in [2.05, 4.69) is 0 Å². The van der Waals surface area contributed by atoms with Gasteiger partial charge in [-0.25, -0.2) is 0 Å². The van der Waals surface area contributed by atoms with Gasteiger partial charge in [0.2, 0.25) is 0 Å². The maximum Gasteiger partial charge on any atom is 0.306 e. The van der Waals surface area contributed by atoms with Gasteiger partial charge in [-0.15, -0.1) is 0 Å². The van der Waals surface area contributed by atoms with Crippen molar-refractivity contribution < 1.29 is 19.1 Å². The zero-order valence-corrected chi connectivity index (χ0v) is 14.8. The third kappa shape index (κ3) is 3.41. The SMILES string of the molecule is CCOC(=O)CCP1(=S)C(C(C)=O)=C(C)C(C)=C1C(C)=O. The summed E-state index contributed by atoms with van der Waals surface area (Å²) in [6.07, 6.45) is 0.471. The average Bonchev–Trinajstić information content (AvgIpc) is 2.55. The Labute approximate surface area is 130 Å². The molecule has 1 aliphatic heterocycles. The molecule has 0 aromatic heterocycles. The van der Waals surface area contributed by atoms with Gasteiger partial charge in [-0.05, 0) is 51.9 Å². The summed E-state index contributed by atoms with van der Waals surface area (Å²) in [5.41, 5.74) is 1.61. The van der Waals surface area contributed by atoms with Crippen molar-refractivity contribution in [2.24, 2.45) is 0 Å². The lowest BCUT2D eigenvalue weighted by atomic mass is 10.1. The molecule has 0 spiro atoms. The van der Waals surface area contributed by atoms with Gasteiger partial charge >= 0.3 is 5.97 Å². The molecule has 0 N–H and O–H groups in total. The Hall–Kier alpha value is -1.06. The Balaban J connectivity index is 3.25. The van der Waals surface area contributed by atoms with Gasteiger partial charge in [0.05, 0.1) is 13.0 Å². The van der Waals surface area contributed by atoms with Crippen LogP contribution in [-0.2, 0) is 30.9 Å². The Bertz CT molecular complexity index is 573. The number of rotatable bonds is 6. The number of Topliss-reactive ketones (excluding diaryl/α,β-unsaturated/α-hetero) is 2. The first kappa shape index (κ1) is 18.0. The first-order valence-electron chi connectivity index (χ1n) is 6.86. The summed E-state index contributed by atoms with van der Waals surface area (Å²) in [6.45, 7) is 8.65. The molecule has 0 aromatic rings. The van der Waals surface area contributed by atoms with Crippen LogP contribution in [0.3, 0.4) is 0 Å². The third-order valence-electron chi connectivity index (χ3n) is 3.60. The van der Waals surface area contributed by atoms with Crippen LogP contribution in [0.4, 0.5) is 0 Å². The van der Waals surface area contributed by atoms with Crippen LogP contribution in [0.5, 0.6) is 0 Å². The van der Waals surface area contributed by atoms with Gasteiger partial charge in [-0.2, -0.15) is 0 Å². The Morgan fingerprint density at radius 2 is 1.48 bits per heavy atom. The maximum absolute atomic E-state index is 12.0. The van der Waals surface area contributed by atoms with Gasteiger partial charge in [0.15, 0.2) is 11.6 Å². The summed E-state index contributed by atoms with van der Waals surface area (Å²) >= 11 is 5.76. The van der Waals surface area contributed by atoms with Crippen molar-refractivity contribution in [3.05, 3.63) is 21.8 Å². The highest BCUT2D eigenvalue weighted by Gasteiger charge is 2.40. The monoisotopic (exact) mass is 328 g/mol. The van der Waals surface area contributed by atoms with Crippen molar-refractivity contribution in [2.45, 2.75) is 41.0 Å². The van der Waals surface area contributed by atoms with Gasteiger partial charge in [0.1, 0.15) is 0 Å². The van der Waals surface area contributed by atoms with Crippen molar-refractivity contribution >= 4 is 35.4 Å². The second kappa shape index (κ2) is 6.80. The summed E-state index contributed by atoms with van der Waals surface area (Å²) in [6, 6.07) is -2.50. The minimum atomic E-state index is -2.50. The summed E-state index contributed by atoms with van der Waals surface area (Å²) in [5, 5.41) is 1.15. The molecule has 1 rings (SSSR count). The molecule has 0 bridgehead atoms. The largest absolute Gasteiger partial charge is 0.466 e. The van der Waals surface area contributed by atoms with Crippen LogP contribution in [-0.4, -0.2) is 30.3 Å². The number of allylic oxidation sites excluding steroid dienone is 4. The summed E-state index contributed by atoms with van der Waals surface area (Å²) < 4.78 is 4.92. The number of ketones is 2. The van der Waals surface area contributed by atoms with Crippen LogP contribution in [0.15, 0.2) is 21.8 Å². The lowest BCUT2D eigenvalue weighted by molar-refractivity contribution is -0.142. The van der Waals surface area contributed by atoms with Crippen molar-refractivity contribution in [2.75, 3.05) is 12.8 Å². The van der Waals surface area contributed by atoms with E-state index in [1.165, 1.54) is 13.8 Å². The predicted molar refractivity (Wildman–Crippen MR) is 87.2 cm³/mol. The molecular formula is C15H21O4PS. The molecule has 21 heavy (non-hydrogen) atoms. The van der Waals surface area contributed by atoms with Gasteiger partial charge < -0.3 is 4.74 Å². The molecule has 0 aromatic carbocycles. The standard InChI is InChI=1S/C15H21O4PS/c1-6-19-13(18)7-8-20(21)14(11(4)16)9(2)10(3)15(20)12(5)17/h6-8H2,1-5H3. The lowest BCUT2D eigenvalue weighted by Gasteiger charge is -2.21. The number of carbonyl (C=O) groups is 3. The van der Waals surface area contributed by atoms with Gasteiger partial charge in [0, 0.05) is 16.7 Å². The highest BCUT2D eigenvalue weighted by Crippen LogP contribution is 2.68. The highest BCUT2D eigenvalue weighted by molar-refractivity contribution is 8.19. The first-order chi connectivity index (χ1) is 9.66. The van der Waals surface area contributed by atoms with Crippen LogP contribution in [0.1, 0.15) is 41.0 Å². The minimum Gasteiger partial charge on any atom is -0.466 e. The molecule has 0 amide bonds. The number of esters is 1. The fourth-order valence-corrected chi connectivity index (χ4v) is 8.22. The smallest absolute Gasteiger partial charge is 0.306 e. The zero-order valence-electron chi connectivity index (χ0n) is 13.1. The Morgan fingerprint density at radius 1 is 1.05 bits per heavy atom. The molecule has 4 nitrogen and oxygen atoms in total. The van der Waals surface area contributed by atoms with E-state index in [1.807, 2.05) is 13.8 Å². The molecule has 0 radical (unpaired) electrons. The molecule has 6 heteroatoms. The third-order valence-corrected chi connectivity index (χ3v) is 8.84. The number of hydrogen-bond acceptors (Lipinski definition) is 5. The van der Waals surface area contributed by atoms with Crippen molar-refractivity contribution in [1.29, 1.82) is 0 Å². The van der Waals surface area contributed by atoms with Crippen LogP contribution in [0.2, 0.25) is 0 Å². The lowest BCUT2D eigenvalue weighted by Crippen LogP contribution is -2.10. The van der Waals surface area contributed by atoms with Crippen LogP contribution in [0.25, 0.3) is 0 Å². The first-order valence-corrected chi connectivity index (χ1v) is 9.85. The predicted octanol–water partition coefficient (Wildman–Crippen LogP) is 3.16. The van der Waals surface area contributed by atoms with E-state index in [4.69, 9.17) is 16.5 Å². The van der Waals surface area contributed by atoms with E-state index in [0.717, 1.165) is 11.1 Å². The Morgan fingerprint density at radius 3 is 1.81 bits per heavy atom. The molecule has 0 atom stereocenters. The van der Waals surface area contributed by atoms with Crippen molar-refractivity contribution in [1.82, 2.24) is 0 Å². The van der Waals surface area contributed by atoms with E-state index in [1.54, 1.807) is 6.92 Å². The number of hydrogen-bond donors (Lipinski definition) is 0. The molecule has 0 saturated heterocycles. The topological polar surface area (TPSA) is 60.4 Å². The van der Waals surface area contributed by atoms with Gasteiger partial charge in [-0.1, -0.05) is 11.8 Å². The quantitative estimate of drug-likeness (QED) is 0.554.